The summed E-state index contributed by atoms with van der Waals surface area (Å²) in [6.45, 7) is 2.36. The molecule has 0 aromatic carbocycles. The Morgan fingerprint density at radius 1 is 1.53 bits per heavy atom. The van der Waals surface area contributed by atoms with E-state index in [1.807, 2.05) is 6.92 Å². The third-order valence-electron chi connectivity index (χ3n) is 1.66. The van der Waals surface area contributed by atoms with Crippen LogP contribution in [0.5, 0.6) is 5.88 Å². The Hall–Kier alpha value is -1.40. The van der Waals surface area contributed by atoms with Gasteiger partial charge in [0.2, 0.25) is 5.88 Å². The van der Waals surface area contributed by atoms with Crippen LogP contribution in [0.3, 0.4) is 0 Å². The molecule has 0 bridgehead atoms. The highest BCUT2D eigenvalue weighted by atomic mass is 16.5. The van der Waals surface area contributed by atoms with Gasteiger partial charge >= 0.3 is 0 Å². The van der Waals surface area contributed by atoms with E-state index in [1.165, 1.54) is 6.33 Å². The molecule has 6 heteroatoms. The molecule has 1 atom stereocenters. The zero-order chi connectivity index (χ0) is 11.1. The summed E-state index contributed by atoms with van der Waals surface area (Å²) >= 11 is 0. The minimum atomic E-state index is -0.796. The van der Waals surface area contributed by atoms with Gasteiger partial charge in [-0.1, -0.05) is 0 Å². The summed E-state index contributed by atoms with van der Waals surface area (Å²) in [5.41, 5.74) is 0. The third-order valence-corrected chi connectivity index (χ3v) is 1.66. The van der Waals surface area contributed by atoms with Crippen LogP contribution >= 0.6 is 0 Å². The van der Waals surface area contributed by atoms with Crippen LogP contribution in [-0.2, 0) is 0 Å². The zero-order valence-electron chi connectivity index (χ0n) is 8.55. The third kappa shape index (κ3) is 4.09. The second-order valence-electron chi connectivity index (χ2n) is 2.89. The SMILES string of the molecule is CCOc1cc(NCC(O)CO)ncn1. The smallest absolute Gasteiger partial charge is 0.218 e. The van der Waals surface area contributed by atoms with Gasteiger partial charge in [-0.25, -0.2) is 9.97 Å². The van der Waals surface area contributed by atoms with E-state index in [4.69, 9.17) is 14.9 Å². The molecule has 0 fully saturated rings. The molecule has 1 aromatic heterocycles. The van der Waals surface area contributed by atoms with E-state index in [9.17, 15) is 0 Å². The molecule has 0 aliphatic heterocycles. The van der Waals surface area contributed by atoms with Crippen LogP contribution in [0.25, 0.3) is 0 Å². The number of hydrogen-bond acceptors (Lipinski definition) is 6. The van der Waals surface area contributed by atoms with Crippen LogP contribution in [0.1, 0.15) is 6.92 Å². The zero-order valence-corrected chi connectivity index (χ0v) is 8.55. The fourth-order valence-corrected chi connectivity index (χ4v) is 0.950. The van der Waals surface area contributed by atoms with Gasteiger partial charge in [0.15, 0.2) is 0 Å². The van der Waals surface area contributed by atoms with Crippen LogP contribution < -0.4 is 10.1 Å². The van der Waals surface area contributed by atoms with Crippen molar-refractivity contribution in [2.24, 2.45) is 0 Å². The van der Waals surface area contributed by atoms with Gasteiger partial charge in [-0.3, -0.25) is 0 Å². The lowest BCUT2D eigenvalue weighted by Crippen LogP contribution is -2.23. The number of aliphatic hydroxyl groups excluding tert-OH is 2. The average molecular weight is 213 g/mol. The van der Waals surface area contributed by atoms with Crippen LogP contribution in [0, 0.1) is 0 Å². The Morgan fingerprint density at radius 2 is 2.33 bits per heavy atom. The van der Waals surface area contributed by atoms with E-state index in [0.717, 1.165) is 0 Å². The molecule has 0 radical (unpaired) electrons. The maximum Gasteiger partial charge on any atom is 0.218 e. The summed E-state index contributed by atoms with van der Waals surface area (Å²) in [6.07, 6.45) is 0.578. The Morgan fingerprint density at radius 3 is 3.00 bits per heavy atom. The molecular weight excluding hydrogens is 198 g/mol. The van der Waals surface area contributed by atoms with Gasteiger partial charge in [-0.15, -0.1) is 0 Å². The molecule has 0 saturated carbocycles. The highest BCUT2D eigenvalue weighted by Crippen LogP contribution is 2.10. The standard InChI is InChI=1S/C9H15N3O3/c1-2-15-9-3-8(11-6-12-9)10-4-7(14)5-13/h3,6-7,13-14H,2,4-5H2,1H3,(H,10,11,12). The van der Waals surface area contributed by atoms with Gasteiger partial charge in [0.05, 0.1) is 19.3 Å². The van der Waals surface area contributed by atoms with Crippen molar-refractivity contribution in [3.8, 4) is 5.88 Å². The van der Waals surface area contributed by atoms with E-state index in [2.05, 4.69) is 15.3 Å². The Labute approximate surface area is 87.9 Å². The lowest BCUT2D eigenvalue weighted by molar-refractivity contribution is 0.105. The predicted molar refractivity (Wildman–Crippen MR) is 54.8 cm³/mol. The van der Waals surface area contributed by atoms with Crippen molar-refractivity contribution in [2.75, 3.05) is 25.1 Å². The van der Waals surface area contributed by atoms with E-state index in [-0.39, 0.29) is 13.2 Å². The molecule has 15 heavy (non-hydrogen) atoms. The monoisotopic (exact) mass is 213 g/mol. The van der Waals surface area contributed by atoms with Crippen molar-refractivity contribution >= 4 is 5.82 Å². The topological polar surface area (TPSA) is 87.5 Å². The fraction of sp³-hybridized carbons (Fsp3) is 0.556. The summed E-state index contributed by atoms with van der Waals surface area (Å²) in [6, 6.07) is 1.63. The molecule has 1 rings (SSSR count). The number of aliphatic hydroxyl groups is 2. The van der Waals surface area contributed by atoms with Crippen LogP contribution in [-0.4, -0.2) is 46.0 Å². The second kappa shape index (κ2) is 6.15. The second-order valence-corrected chi connectivity index (χ2v) is 2.89. The Bertz CT molecular complexity index is 296. The molecule has 6 nitrogen and oxygen atoms in total. The number of hydrogen-bond donors (Lipinski definition) is 3. The largest absolute Gasteiger partial charge is 0.478 e. The molecule has 3 N–H and O–H groups in total. The van der Waals surface area contributed by atoms with E-state index in [0.29, 0.717) is 18.3 Å². The Kier molecular flexibility index (Phi) is 4.79. The molecule has 1 aromatic rings. The van der Waals surface area contributed by atoms with Crippen molar-refractivity contribution in [1.82, 2.24) is 9.97 Å². The van der Waals surface area contributed by atoms with E-state index in [1.54, 1.807) is 6.07 Å². The number of aromatic nitrogens is 2. The molecule has 0 spiro atoms. The van der Waals surface area contributed by atoms with Crippen LogP contribution in [0.15, 0.2) is 12.4 Å². The molecule has 0 aliphatic carbocycles. The minimum Gasteiger partial charge on any atom is -0.478 e. The molecule has 0 saturated heterocycles. The minimum absolute atomic E-state index is 0.235. The molecule has 1 heterocycles. The highest BCUT2D eigenvalue weighted by Gasteiger charge is 2.03. The van der Waals surface area contributed by atoms with Crippen molar-refractivity contribution < 1.29 is 14.9 Å². The first kappa shape index (κ1) is 11.7. The maximum atomic E-state index is 9.10. The van der Waals surface area contributed by atoms with Crippen LogP contribution in [0.2, 0.25) is 0 Å². The molecule has 0 aliphatic rings. The summed E-state index contributed by atoms with van der Waals surface area (Å²) < 4.78 is 5.18. The van der Waals surface area contributed by atoms with Gasteiger partial charge in [0.25, 0.3) is 0 Å². The maximum absolute atomic E-state index is 9.10. The van der Waals surface area contributed by atoms with Gasteiger partial charge in [-0.2, -0.15) is 0 Å². The van der Waals surface area contributed by atoms with E-state index < -0.39 is 6.10 Å². The molecular formula is C9H15N3O3. The summed E-state index contributed by atoms with van der Waals surface area (Å²) in [5.74, 6) is 1.04. The number of nitrogens with one attached hydrogen (secondary N) is 1. The first-order valence-electron chi connectivity index (χ1n) is 4.74. The quantitative estimate of drug-likeness (QED) is 0.598. The summed E-state index contributed by atoms with van der Waals surface area (Å²) in [4.78, 5) is 7.82. The van der Waals surface area contributed by atoms with E-state index >= 15 is 0 Å². The van der Waals surface area contributed by atoms with Crippen molar-refractivity contribution in [1.29, 1.82) is 0 Å². The summed E-state index contributed by atoms with van der Waals surface area (Å²) in [5, 5.41) is 20.6. The molecule has 0 amide bonds. The molecule has 84 valence electrons. The predicted octanol–water partition coefficient (Wildman–Crippen LogP) is -0.360. The van der Waals surface area contributed by atoms with Gasteiger partial charge in [0, 0.05) is 12.6 Å². The van der Waals surface area contributed by atoms with Gasteiger partial charge < -0.3 is 20.3 Å². The number of nitrogens with zero attached hydrogens (tertiary/aromatic N) is 2. The molecule has 1 unspecified atom stereocenters. The average Bonchev–Trinajstić information content (AvgIpc) is 2.27. The van der Waals surface area contributed by atoms with Crippen molar-refractivity contribution in [2.45, 2.75) is 13.0 Å². The lowest BCUT2D eigenvalue weighted by Gasteiger charge is -2.09. The number of rotatable bonds is 6. The van der Waals surface area contributed by atoms with Crippen molar-refractivity contribution in [3.05, 3.63) is 12.4 Å². The van der Waals surface area contributed by atoms with Gasteiger partial charge in [0.1, 0.15) is 12.1 Å². The van der Waals surface area contributed by atoms with Gasteiger partial charge in [-0.05, 0) is 6.92 Å². The number of anilines is 1. The Balaban J connectivity index is 2.50. The normalized spacial score (nSPS) is 12.2. The van der Waals surface area contributed by atoms with Crippen molar-refractivity contribution in [3.63, 3.8) is 0 Å². The number of ether oxygens (including phenoxy) is 1. The first-order chi connectivity index (χ1) is 7.26. The fourth-order valence-electron chi connectivity index (χ4n) is 0.950. The van der Waals surface area contributed by atoms with Crippen LogP contribution in [0.4, 0.5) is 5.82 Å². The summed E-state index contributed by atoms with van der Waals surface area (Å²) in [7, 11) is 0. The first-order valence-corrected chi connectivity index (χ1v) is 4.74. The highest BCUT2D eigenvalue weighted by molar-refractivity contribution is 5.37. The lowest BCUT2D eigenvalue weighted by atomic mass is 10.4.